The van der Waals surface area contributed by atoms with Gasteiger partial charge in [0.05, 0.1) is 23.7 Å². The van der Waals surface area contributed by atoms with Crippen LogP contribution in [0.25, 0.3) is 21.9 Å². The van der Waals surface area contributed by atoms with Crippen LogP contribution in [-0.2, 0) is 11.5 Å². The van der Waals surface area contributed by atoms with Crippen molar-refractivity contribution in [2.24, 2.45) is 5.92 Å². The zero-order valence-electron chi connectivity index (χ0n) is 16.7. The first-order valence-electron chi connectivity index (χ1n) is 10.1. The number of likely N-dealkylation sites (tertiary alicyclic amines) is 1. The van der Waals surface area contributed by atoms with Gasteiger partial charge in [-0.2, -0.15) is 0 Å². The molecule has 28 heavy (non-hydrogen) atoms. The fourth-order valence-corrected chi connectivity index (χ4v) is 4.05. The summed E-state index contributed by atoms with van der Waals surface area (Å²) in [6, 6.07) is 3.85. The van der Waals surface area contributed by atoms with Crippen LogP contribution in [0.1, 0.15) is 26.2 Å². The fraction of sp³-hybridized carbons (Fsp3) is 0.524. The highest BCUT2D eigenvalue weighted by Gasteiger charge is 2.20. The number of piperidine rings is 1. The van der Waals surface area contributed by atoms with Crippen LogP contribution in [0, 0.1) is 5.92 Å². The number of rotatable bonds is 7. The maximum absolute atomic E-state index is 6.31. The van der Waals surface area contributed by atoms with E-state index in [2.05, 4.69) is 28.8 Å². The Morgan fingerprint density at radius 1 is 1.32 bits per heavy atom. The number of fused-ring (bicyclic) bond motifs is 3. The standard InChI is InChI=1S/C21H29N5O2/c1-3-9-27-14-26-17-11-24-19(22)10-16(17)20-18(6-7-23-21(20)26)28-13-15-5-4-8-25(2)12-15/h6-7,10-11,15H,3-5,8-9,12-14H2,1-2H3,(H2,22,24)/t15-/m1/s1. The van der Waals surface area contributed by atoms with Gasteiger partial charge in [0.15, 0.2) is 0 Å². The van der Waals surface area contributed by atoms with Crippen LogP contribution in [0.5, 0.6) is 5.75 Å². The van der Waals surface area contributed by atoms with Crippen molar-refractivity contribution in [2.75, 3.05) is 39.1 Å². The second-order valence-electron chi connectivity index (χ2n) is 7.68. The van der Waals surface area contributed by atoms with Gasteiger partial charge in [-0.25, -0.2) is 9.97 Å². The zero-order valence-corrected chi connectivity index (χ0v) is 16.7. The summed E-state index contributed by atoms with van der Waals surface area (Å²) in [6.07, 6.45) is 7.01. The zero-order chi connectivity index (χ0) is 19.5. The number of nitrogens with zero attached hydrogens (tertiary/aromatic N) is 4. The number of nitrogens with two attached hydrogens (primary N) is 1. The number of nitrogen functional groups attached to an aromatic ring is 1. The SMILES string of the molecule is CCCOCn1c2cnc(N)cc2c2c(OC[C@@H]3CCCN(C)C3)ccnc21. The van der Waals surface area contributed by atoms with Gasteiger partial charge in [0.2, 0.25) is 0 Å². The van der Waals surface area contributed by atoms with Crippen LogP contribution in [0.15, 0.2) is 24.5 Å². The van der Waals surface area contributed by atoms with Gasteiger partial charge in [-0.05, 0) is 45.0 Å². The summed E-state index contributed by atoms with van der Waals surface area (Å²) in [7, 11) is 2.18. The number of ether oxygens (including phenoxy) is 2. The van der Waals surface area contributed by atoms with Crippen molar-refractivity contribution in [3.8, 4) is 5.75 Å². The molecule has 1 aliphatic rings. The molecule has 1 saturated heterocycles. The molecule has 150 valence electrons. The normalized spacial score (nSPS) is 18.1. The highest BCUT2D eigenvalue weighted by molar-refractivity contribution is 6.10. The van der Waals surface area contributed by atoms with E-state index in [4.69, 9.17) is 15.2 Å². The third-order valence-electron chi connectivity index (χ3n) is 5.38. The Kier molecular flexibility index (Phi) is 5.64. The Hall–Kier alpha value is -2.38. The minimum absolute atomic E-state index is 0.434. The van der Waals surface area contributed by atoms with Gasteiger partial charge in [-0.15, -0.1) is 0 Å². The molecule has 0 amide bonds. The molecule has 3 aromatic heterocycles. The predicted molar refractivity (Wildman–Crippen MR) is 111 cm³/mol. The van der Waals surface area contributed by atoms with Gasteiger partial charge in [0.25, 0.3) is 0 Å². The molecule has 0 bridgehead atoms. The average Bonchev–Trinajstić information content (AvgIpc) is 3.00. The van der Waals surface area contributed by atoms with Gasteiger partial charge in [0, 0.05) is 30.7 Å². The molecule has 3 aromatic rings. The lowest BCUT2D eigenvalue weighted by molar-refractivity contribution is 0.0826. The Labute approximate surface area is 165 Å². The second kappa shape index (κ2) is 8.32. The van der Waals surface area contributed by atoms with Gasteiger partial charge in [-0.1, -0.05) is 6.92 Å². The van der Waals surface area contributed by atoms with Crippen molar-refractivity contribution in [3.05, 3.63) is 24.5 Å². The maximum Gasteiger partial charge on any atom is 0.146 e. The van der Waals surface area contributed by atoms with Crippen LogP contribution in [0.2, 0.25) is 0 Å². The molecule has 1 atom stereocenters. The molecule has 0 spiro atoms. The monoisotopic (exact) mass is 383 g/mol. The van der Waals surface area contributed by atoms with Gasteiger partial charge in [0.1, 0.15) is 23.9 Å². The summed E-state index contributed by atoms with van der Waals surface area (Å²) >= 11 is 0. The Morgan fingerprint density at radius 3 is 3.04 bits per heavy atom. The first-order chi connectivity index (χ1) is 13.7. The molecule has 4 rings (SSSR count). The molecule has 7 nitrogen and oxygen atoms in total. The van der Waals surface area contributed by atoms with Crippen molar-refractivity contribution in [3.63, 3.8) is 0 Å². The van der Waals surface area contributed by atoms with E-state index >= 15 is 0 Å². The Morgan fingerprint density at radius 2 is 2.21 bits per heavy atom. The van der Waals surface area contributed by atoms with E-state index in [0.717, 1.165) is 40.7 Å². The largest absolute Gasteiger partial charge is 0.492 e. The highest BCUT2D eigenvalue weighted by Crippen LogP contribution is 2.35. The van der Waals surface area contributed by atoms with Gasteiger partial charge < -0.3 is 20.1 Å². The molecule has 2 N–H and O–H groups in total. The van der Waals surface area contributed by atoms with Crippen molar-refractivity contribution >= 4 is 27.8 Å². The summed E-state index contributed by atoms with van der Waals surface area (Å²) in [4.78, 5) is 11.3. The Balaban J connectivity index is 1.70. The first kappa shape index (κ1) is 19.0. The summed E-state index contributed by atoms with van der Waals surface area (Å²) in [6.45, 7) is 6.20. The minimum Gasteiger partial charge on any atom is -0.492 e. The molecule has 0 aromatic carbocycles. The number of hydrogen-bond acceptors (Lipinski definition) is 6. The van der Waals surface area contributed by atoms with Crippen LogP contribution >= 0.6 is 0 Å². The molecule has 0 aliphatic carbocycles. The van der Waals surface area contributed by atoms with E-state index in [0.29, 0.717) is 31.7 Å². The summed E-state index contributed by atoms with van der Waals surface area (Å²) in [5.74, 6) is 1.89. The van der Waals surface area contributed by atoms with Crippen molar-refractivity contribution in [1.29, 1.82) is 0 Å². The van der Waals surface area contributed by atoms with Crippen LogP contribution < -0.4 is 10.5 Å². The van der Waals surface area contributed by atoms with E-state index in [1.165, 1.54) is 19.4 Å². The lowest BCUT2D eigenvalue weighted by Gasteiger charge is -2.29. The van der Waals surface area contributed by atoms with Crippen LogP contribution in [-0.4, -0.2) is 52.8 Å². The molecular weight excluding hydrogens is 354 g/mol. The molecule has 0 radical (unpaired) electrons. The van der Waals surface area contributed by atoms with E-state index in [9.17, 15) is 0 Å². The second-order valence-corrected chi connectivity index (χ2v) is 7.68. The van der Waals surface area contributed by atoms with Crippen LogP contribution in [0.3, 0.4) is 0 Å². The summed E-state index contributed by atoms with van der Waals surface area (Å²) in [5.41, 5.74) is 7.79. The topological polar surface area (TPSA) is 78.4 Å². The summed E-state index contributed by atoms with van der Waals surface area (Å²) < 4.78 is 14.2. The molecule has 0 saturated carbocycles. The number of hydrogen-bond donors (Lipinski definition) is 1. The van der Waals surface area contributed by atoms with Gasteiger partial charge in [-0.3, -0.25) is 4.57 Å². The Bertz CT molecular complexity index is 955. The quantitative estimate of drug-likeness (QED) is 0.631. The lowest BCUT2D eigenvalue weighted by atomic mass is 9.99. The molecule has 1 aliphatic heterocycles. The highest BCUT2D eigenvalue weighted by atomic mass is 16.5. The lowest BCUT2D eigenvalue weighted by Crippen LogP contribution is -2.34. The third-order valence-corrected chi connectivity index (χ3v) is 5.38. The van der Waals surface area contributed by atoms with E-state index in [1.807, 2.05) is 16.7 Å². The molecule has 4 heterocycles. The van der Waals surface area contributed by atoms with Crippen LogP contribution in [0.4, 0.5) is 5.82 Å². The van der Waals surface area contributed by atoms with Gasteiger partial charge >= 0.3 is 0 Å². The van der Waals surface area contributed by atoms with E-state index < -0.39 is 0 Å². The van der Waals surface area contributed by atoms with Crippen molar-refractivity contribution < 1.29 is 9.47 Å². The van der Waals surface area contributed by atoms with E-state index in [1.54, 1.807) is 12.4 Å². The first-order valence-corrected chi connectivity index (χ1v) is 10.1. The predicted octanol–water partition coefficient (Wildman–Crippen LogP) is 3.27. The third kappa shape index (κ3) is 3.77. The number of aromatic nitrogens is 3. The average molecular weight is 383 g/mol. The minimum atomic E-state index is 0.434. The number of anilines is 1. The molecule has 1 fully saturated rings. The summed E-state index contributed by atoms with van der Waals surface area (Å²) in [5, 5.41) is 1.99. The maximum atomic E-state index is 6.31. The smallest absolute Gasteiger partial charge is 0.146 e. The molecular formula is C21H29N5O2. The van der Waals surface area contributed by atoms with Crippen molar-refractivity contribution in [2.45, 2.75) is 32.9 Å². The number of pyridine rings is 2. The van der Waals surface area contributed by atoms with E-state index in [-0.39, 0.29) is 0 Å². The fourth-order valence-electron chi connectivity index (χ4n) is 4.05. The molecule has 7 heteroatoms. The van der Waals surface area contributed by atoms with Crippen molar-refractivity contribution in [1.82, 2.24) is 19.4 Å². The molecule has 0 unspecified atom stereocenters.